The van der Waals surface area contributed by atoms with Crippen molar-refractivity contribution >= 4 is 21.4 Å². The van der Waals surface area contributed by atoms with Crippen LogP contribution in [0.25, 0.3) is 0 Å². The predicted molar refractivity (Wildman–Crippen MR) is 84.9 cm³/mol. The summed E-state index contributed by atoms with van der Waals surface area (Å²) in [4.78, 5) is 0.186. The molecule has 5 heteroatoms. The highest BCUT2D eigenvalue weighted by Gasteiger charge is 2.17. The minimum absolute atomic E-state index is 0.186. The number of benzene rings is 2. The van der Waals surface area contributed by atoms with Crippen LogP contribution in [0.15, 0.2) is 41.3 Å². The Hall–Kier alpha value is -2.01. The Morgan fingerprint density at radius 1 is 1.05 bits per heavy atom. The number of sulfonamides is 1. The van der Waals surface area contributed by atoms with Crippen LogP contribution in [0.5, 0.6) is 0 Å². The number of hydrogen-bond acceptors (Lipinski definition) is 3. The molecular formula is C16H18N2O2S. The van der Waals surface area contributed by atoms with Crippen molar-refractivity contribution < 1.29 is 8.42 Å². The normalized spacial score (nSPS) is 14.0. The Labute approximate surface area is 125 Å². The van der Waals surface area contributed by atoms with Gasteiger partial charge in [-0.15, -0.1) is 0 Å². The summed E-state index contributed by atoms with van der Waals surface area (Å²) in [6.45, 7) is 1.85. The summed E-state index contributed by atoms with van der Waals surface area (Å²) in [6.07, 6.45) is 3.24. The number of hydrogen-bond donors (Lipinski definition) is 2. The fraction of sp³-hybridized carbons (Fsp3) is 0.250. The second-order valence-corrected chi connectivity index (χ2v) is 7.14. The van der Waals surface area contributed by atoms with Gasteiger partial charge in [-0.3, -0.25) is 4.72 Å². The van der Waals surface area contributed by atoms with E-state index in [1.54, 1.807) is 12.1 Å². The Morgan fingerprint density at radius 2 is 1.81 bits per heavy atom. The van der Waals surface area contributed by atoms with Gasteiger partial charge in [0.2, 0.25) is 0 Å². The number of aryl methyl sites for hydroxylation is 3. The van der Waals surface area contributed by atoms with Crippen LogP contribution >= 0.6 is 0 Å². The Kier molecular flexibility index (Phi) is 3.37. The summed E-state index contributed by atoms with van der Waals surface area (Å²) < 4.78 is 27.4. The lowest BCUT2D eigenvalue weighted by Crippen LogP contribution is -2.13. The second-order valence-electron chi connectivity index (χ2n) is 5.46. The summed E-state index contributed by atoms with van der Waals surface area (Å²) >= 11 is 0. The monoisotopic (exact) mass is 302 g/mol. The predicted octanol–water partition coefficient (Wildman–Crippen LogP) is 2.87. The number of fused-ring (bicyclic) bond motifs is 1. The summed E-state index contributed by atoms with van der Waals surface area (Å²) in [5.74, 6) is 0. The fourth-order valence-corrected chi connectivity index (χ4v) is 3.72. The molecule has 0 atom stereocenters. The minimum atomic E-state index is -3.60. The first kappa shape index (κ1) is 13.9. The zero-order chi connectivity index (χ0) is 15.0. The molecular weight excluding hydrogens is 284 g/mol. The van der Waals surface area contributed by atoms with Crippen LogP contribution in [0.3, 0.4) is 0 Å². The highest BCUT2D eigenvalue weighted by molar-refractivity contribution is 7.92. The van der Waals surface area contributed by atoms with E-state index in [0.717, 1.165) is 24.8 Å². The van der Waals surface area contributed by atoms with E-state index in [1.807, 2.05) is 25.1 Å². The summed E-state index contributed by atoms with van der Waals surface area (Å²) in [7, 11) is -3.60. The zero-order valence-corrected chi connectivity index (χ0v) is 12.7. The van der Waals surface area contributed by atoms with Gasteiger partial charge in [0, 0.05) is 11.4 Å². The third-order valence-electron chi connectivity index (χ3n) is 3.91. The number of nitrogens with two attached hydrogens (primary N) is 1. The van der Waals surface area contributed by atoms with Crippen LogP contribution in [0.2, 0.25) is 0 Å². The lowest BCUT2D eigenvalue weighted by Gasteiger charge is -2.11. The molecule has 4 nitrogen and oxygen atoms in total. The SMILES string of the molecule is Cc1ccc(S(=O)(=O)Nc2ccc3c(c2)CCC3)cc1N. The molecule has 0 radical (unpaired) electrons. The zero-order valence-electron chi connectivity index (χ0n) is 11.9. The third-order valence-corrected chi connectivity index (χ3v) is 5.29. The van der Waals surface area contributed by atoms with E-state index in [1.165, 1.54) is 17.2 Å². The second kappa shape index (κ2) is 5.07. The van der Waals surface area contributed by atoms with Gasteiger partial charge in [-0.05, 0) is 67.1 Å². The first-order valence-electron chi connectivity index (χ1n) is 6.96. The molecule has 0 aromatic heterocycles. The van der Waals surface area contributed by atoms with Gasteiger partial charge in [-0.1, -0.05) is 12.1 Å². The Bertz CT molecular complexity index is 798. The topological polar surface area (TPSA) is 72.2 Å². The van der Waals surface area contributed by atoms with Gasteiger partial charge in [0.15, 0.2) is 0 Å². The molecule has 0 heterocycles. The van der Waals surface area contributed by atoms with Crippen molar-refractivity contribution in [2.75, 3.05) is 10.5 Å². The first-order valence-corrected chi connectivity index (χ1v) is 8.45. The highest BCUT2D eigenvalue weighted by atomic mass is 32.2. The molecule has 0 spiro atoms. The summed E-state index contributed by atoms with van der Waals surface area (Å²) in [6, 6.07) is 10.5. The van der Waals surface area contributed by atoms with Crippen LogP contribution in [0.4, 0.5) is 11.4 Å². The van der Waals surface area contributed by atoms with Crippen molar-refractivity contribution in [3.8, 4) is 0 Å². The van der Waals surface area contributed by atoms with Crippen molar-refractivity contribution in [1.29, 1.82) is 0 Å². The molecule has 2 aromatic rings. The molecule has 0 bridgehead atoms. The van der Waals surface area contributed by atoms with Gasteiger partial charge in [0.1, 0.15) is 0 Å². The van der Waals surface area contributed by atoms with E-state index in [4.69, 9.17) is 5.73 Å². The van der Waals surface area contributed by atoms with E-state index in [9.17, 15) is 8.42 Å². The largest absolute Gasteiger partial charge is 0.398 e. The number of nitrogens with one attached hydrogen (secondary N) is 1. The van der Waals surface area contributed by atoms with Crippen molar-refractivity contribution in [3.63, 3.8) is 0 Å². The molecule has 0 aliphatic heterocycles. The van der Waals surface area contributed by atoms with Crippen molar-refractivity contribution in [2.45, 2.75) is 31.1 Å². The van der Waals surface area contributed by atoms with Gasteiger partial charge in [0.05, 0.1) is 4.90 Å². The standard InChI is InChI=1S/C16H18N2O2S/c1-11-5-8-15(10-16(11)17)21(19,20)18-14-7-6-12-3-2-4-13(12)9-14/h5-10,18H,2-4,17H2,1H3. The third kappa shape index (κ3) is 2.74. The molecule has 21 heavy (non-hydrogen) atoms. The molecule has 0 unspecified atom stereocenters. The van der Waals surface area contributed by atoms with Gasteiger partial charge < -0.3 is 5.73 Å². The number of rotatable bonds is 3. The lowest BCUT2D eigenvalue weighted by atomic mass is 10.1. The van der Waals surface area contributed by atoms with Gasteiger partial charge in [-0.2, -0.15) is 0 Å². The molecule has 3 rings (SSSR count). The van der Waals surface area contributed by atoms with Crippen LogP contribution in [0, 0.1) is 6.92 Å². The molecule has 3 N–H and O–H groups in total. The van der Waals surface area contributed by atoms with Crippen LogP contribution in [0.1, 0.15) is 23.1 Å². The molecule has 1 aliphatic rings. The Morgan fingerprint density at radius 3 is 2.57 bits per heavy atom. The van der Waals surface area contributed by atoms with Gasteiger partial charge >= 0.3 is 0 Å². The van der Waals surface area contributed by atoms with Gasteiger partial charge in [-0.25, -0.2) is 8.42 Å². The molecule has 0 saturated heterocycles. The van der Waals surface area contributed by atoms with Crippen molar-refractivity contribution in [2.24, 2.45) is 0 Å². The van der Waals surface area contributed by atoms with Crippen LogP contribution < -0.4 is 10.5 Å². The minimum Gasteiger partial charge on any atom is -0.398 e. The number of nitrogen functional groups attached to an aromatic ring is 1. The maximum Gasteiger partial charge on any atom is 0.261 e. The maximum absolute atomic E-state index is 12.4. The first-order chi connectivity index (χ1) is 9.95. The van der Waals surface area contributed by atoms with E-state index < -0.39 is 10.0 Å². The van der Waals surface area contributed by atoms with Crippen LogP contribution in [-0.4, -0.2) is 8.42 Å². The average Bonchev–Trinajstić information content (AvgIpc) is 2.88. The van der Waals surface area contributed by atoms with Crippen LogP contribution in [-0.2, 0) is 22.9 Å². The molecule has 0 fully saturated rings. The van der Waals surface area contributed by atoms with Crippen molar-refractivity contribution in [3.05, 3.63) is 53.1 Å². The molecule has 1 aliphatic carbocycles. The van der Waals surface area contributed by atoms with E-state index in [-0.39, 0.29) is 4.90 Å². The molecule has 0 amide bonds. The van der Waals surface area contributed by atoms with Crippen molar-refractivity contribution in [1.82, 2.24) is 0 Å². The van der Waals surface area contributed by atoms with E-state index in [0.29, 0.717) is 11.4 Å². The van der Waals surface area contributed by atoms with E-state index >= 15 is 0 Å². The van der Waals surface area contributed by atoms with Gasteiger partial charge in [0.25, 0.3) is 10.0 Å². The summed E-state index contributed by atoms with van der Waals surface area (Å²) in [5.41, 5.74) is 10.3. The quantitative estimate of drug-likeness (QED) is 0.856. The molecule has 2 aromatic carbocycles. The van der Waals surface area contributed by atoms with E-state index in [2.05, 4.69) is 4.72 Å². The number of anilines is 2. The molecule has 0 saturated carbocycles. The smallest absolute Gasteiger partial charge is 0.261 e. The molecule has 110 valence electrons. The summed E-state index contributed by atoms with van der Waals surface area (Å²) in [5, 5.41) is 0. The fourth-order valence-electron chi connectivity index (χ4n) is 2.64. The average molecular weight is 302 g/mol. The lowest BCUT2D eigenvalue weighted by molar-refractivity contribution is 0.601. The Balaban J connectivity index is 1.90. The maximum atomic E-state index is 12.4. The highest BCUT2D eigenvalue weighted by Crippen LogP contribution is 2.26.